The van der Waals surface area contributed by atoms with E-state index in [2.05, 4.69) is 22.9 Å². The van der Waals surface area contributed by atoms with Crippen molar-refractivity contribution in [2.45, 2.75) is 26.3 Å². The predicted octanol–water partition coefficient (Wildman–Crippen LogP) is 2.32. The van der Waals surface area contributed by atoms with Crippen LogP contribution in [0.4, 0.5) is 0 Å². The maximum absolute atomic E-state index is 5.10. The summed E-state index contributed by atoms with van der Waals surface area (Å²) in [6.45, 7) is 5.71. The Kier molecular flexibility index (Phi) is 3.78. The van der Waals surface area contributed by atoms with Crippen molar-refractivity contribution < 1.29 is 4.74 Å². The average molecular weight is 220 g/mol. The van der Waals surface area contributed by atoms with E-state index in [1.54, 1.807) is 13.3 Å². The highest BCUT2D eigenvalue weighted by molar-refractivity contribution is 5.19. The van der Waals surface area contributed by atoms with E-state index >= 15 is 0 Å². The summed E-state index contributed by atoms with van der Waals surface area (Å²) in [7, 11) is 1.67. The number of nitrogens with zero attached hydrogens (tertiary/aromatic N) is 2. The topological polar surface area (TPSA) is 25.4 Å². The number of hydrogen-bond donors (Lipinski definition) is 0. The number of hydrogen-bond acceptors (Lipinski definition) is 3. The molecule has 2 rings (SSSR count). The molecule has 0 aliphatic carbocycles. The van der Waals surface area contributed by atoms with E-state index in [1.807, 2.05) is 6.07 Å². The molecule has 0 unspecified atom stereocenters. The van der Waals surface area contributed by atoms with Gasteiger partial charge in [0.25, 0.3) is 0 Å². The minimum Gasteiger partial charge on any atom is -0.495 e. The van der Waals surface area contributed by atoms with E-state index < -0.39 is 0 Å². The van der Waals surface area contributed by atoms with Gasteiger partial charge in [0, 0.05) is 6.54 Å². The highest BCUT2D eigenvalue weighted by atomic mass is 16.5. The van der Waals surface area contributed by atoms with E-state index in [1.165, 1.54) is 25.9 Å². The number of pyridine rings is 1. The smallest absolute Gasteiger partial charge is 0.137 e. The van der Waals surface area contributed by atoms with E-state index in [0.717, 1.165) is 23.9 Å². The molecule has 1 aromatic heterocycles. The van der Waals surface area contributed by atoms with Gasteiger partial charge in [-0.3, -0.25) is 9.88 Å². The fourth-order valence-corrected chi connectivity index (χ4v) is 2.07. The molecule has 2 heterocycles. The molecule has 0 bridgehead atoms. The van der Waals surface area contributed by atoms with Gasteiger partial charge in [-0.05, 0) is 44.0 Å². The SMILES string of the molecule is COc1ccc(CN2CCC(C)CC2)nc1. The first-order valence-corrected chi connectivity index (χ1v) is 5.99. The molecule has 0 radical (unpaired) electrons. The van der Waals surface area contributed by atoms with Crippen molar-refractivity contribution in [3.8, 4) is 5.75 Å². The first kappa shape index (κ1) is 11.4. The quantitative estimate of drug-likeness (QED) is 0.781. The molecule has 1 saturated heterocycles. The second-order valence-electron chi connectivity index (χ2n) is 4.65. The maximum atomic E-state index is 5.10. The van der Waals surface area contributed by atoms with Gasteiger partial charge < -0.3 is 4.74 Å². The monoisotopic (exact) mass is 220 g/mol. The van der Waals surface area contributed by atoms with Gasteiger partial charge in [0.15, 0.2) is 0 Å². The van der Waals surface area contributed by atoms with Gasteiger partial charge in [-0.15, -0.1) is 0 Å². The zero-order chi connectivity index (χ0) is 11.4. The first-order chi connectivity index (χ1) is 7.78. The van der Waals surface area contributed by atoms with Crippen molar-refractivity contribution in [1.29, 1.82) is 0 Å². The summed E-state index contributed by atoms with van der Waals surface area (Å²) < 4.78 is 5.10. The molecule has 3 nitrogen and oxygen atoms in total. The lowest BCUT2D eigenvalue weighted by Gasteiger charge is -2.29. The van der Waals surface area contributed by atoms with Crippen molar-refractivity contribution in [2.75, 3.05) is 20.2 Å². The standard InChI is InChI=1S/C13H20N2O/c1-11-5-7-15(8-6-11)10-12-3-4-13(16-2)9-14-12/h3-4,9,11H,5-8,10H2,1-2H3. The molecule has 0 aromatic carbocycles. The molecular weight excluding hydrogens is 200 g/mol. The maximum Gasteiger partial charge on any atom is 0.137 e. The van der Waals surface area contributed by atoms with Gasteiger partial charge >= 0.3 is 0 Å². The van der Waals surface area contributed by atoms with Crippen LogP contribution in [-0.2, 0) is 6.54 Å². The van der Waals surface area contributed by atoms with Gasteiger partial charge in [-0.25, -0.2) is 0 Å². The fourth-order valence-electron chi connectivity index (χ4n) is 2.07. The number of rotatable bonds is 3. The third-order valence-electron chi connectivity index (χ3n) is 3.30. The Morgan fingerprint density at radius 2 is 2.12 bits per heavy atom. The summed E-state index contributed by atoms with van der Waals surface area (Å²) in [6.07, 6.45) is 4.42. The predicted molar refractivity (Wildman–Crippen MR) is 64.5 cm³/mol. The Labute approximate surface area is 97.4 Å². The van der Waals surface area contributed by atoms with Gasteiger partial charge in [-0.2, -0.15) is 0 Å². The minimum atomic E-state index is 0.830. The molecule has 1 fully saturated rings. The molecule has 88 valence electrons. The molecule has 1 aliphatic heterocycles. The molecule has 1 aromatic rings. The van der Waals surface area contributed by atoms with Crippen LogP contribution < -0.4 is 4.74 Å². The van der Waals surface area contributed by atoms with Crippen LogP contribution in [0, 0.1) is 5.92 Å². The summed E-state index contributed by atoms with van der Waals surface area (Å²) in [5.74, 6) is 1.72. The van der Waals surface area contributed by atoms with Crippen LogP contribution in [-0.4, -0.2) is 30.1 Å². The normalized spacial score (nSPS) is 18.6. The summed E-state index contributed by atoms with van der Waals surface area (Å²) in [4.78, 5) is 6.88. The molecule has 0 saturated carbocycles. The van der Waals surface area contributed by atoms with Crippen LogP contribution in [0.3, 0.4) is 0 Å². The van der Waals surface area contributed by atoms with Crippen LogP contribution in [0.25, 0.3) is 0 Å². The lowest BCUT2D eigenvalue weighted by molar-refractivity contribution is 0.183. The van der Waals surface area contributed by atoms with Crippen molar-refractivity contribution in [3.63, 3.8) is 0 Å². The van der Waals surface area contributed by atoms with Crippen LogP contribution in [0.2, 0.25) is 0 Å². The first-order valence-electron chi connectivity index (χ1n) is 5.99. The fraction of sp³-hybridized carbons (Fsp3) is 0.615. The molecule has 1 aliphatic rings. The minimum absolute atomic E-state index is 0.830. The third-order valence-corrected chi connectivity index (χ3v) is 3.30. The Morgan fingerprint density at radius 1 is 1.38 bits per heavy atom. The Hall–Kier alpha value is -1.09. The molecule has 0 amide bonds. The van der Waals surface area contributed by atoms with Crippen molar-refractivity contribution in [1.82, 2.24) is 9.88 Å². The number of likely N-dealkylation sites (tertiary alicyclic amines) is 1. The summed E-state index contributed by atoms with van der Waals surface area (Å²) >= 11 is 0. The van der Waals surface area contributed by atoms with Gasteiger partial charge in [0.1, 0.15) is 5.75 Å². The highest BCUT2D eigenvalue weighted by Gasteiger charge is 2.15. The lowest BCUT2D eigenvalue weighted by atomic mass is 9.99. The highest BCUT2D eigenvalue weighted by Crippen LogP contribution is 2.18. The van der Waals surface area contributed by atoms with Gasteiger partial charge in [-0.1, -0.05) is 6.92 Å². The second-order valence-corrected chi connectivity index (χ2v) is 4.65. The van der Waals surface area contributed by atoms with E-state index in [9.17, 15) is 0 Å². The molecule has 0 spiro atoms. The average Bonchev–Trinajstić information content (AvgIpc) is 2.33. The summed E-state index contributed by atoms with van der Waals surface area (Å²) in [6, 6.07) is 4.03. The molecule has 0 N–H and O–H groups in total. The van der Waals surface area contributed by atoms with Crippen LogP contribution >= 0.6 is 0 Å². The molecule has 16 heavy (non-hydrogen) atoms. The van der Waals surface area contributed by atoms with E-state index in [-0.39, 0.29) is 0 Å². The zero-order valence-corrected chi connectivity index (χ0v) is 10.1. The number of methoxy groups -OCH3 is 1. The van der Waals surface area contributed by atoms with Gasteiger partial charge in [0.2, 0.25) is 0 Å². The van der Waals surface area contributed by atoms with Crippen LogP contribution in [0.1, 0.15) is 25.5 Å². The summed E-state index contributed by atoms with van der Waals surface area (Å²) in [5, 5.41) is 0. The third kappa shape index (κ3) is 2.95. The van der Waals surface area contributed by atoms with Crippen molar-refractivity contribution in [3.05, 3.63) is 24.0 Å². The Balaban J connectivity index is 1.88. The molecule has 3 heteroatoms. The number of piperidine rings is 1. The van der Waals surface area contributed by atoms with Crippen molar-refractivity contribution in [2.24, 2.45) is 5.92 Å². The number of ether oxygens (including phenoxy) is 1. The van der Waals surface area contributed by atoms with Crippen LogP contribution in [0.15, 0.2) is 18.3 Å². The molecular formula is C13H20N2O. The van der Waals surface area contributed by atoms with E-state index in [4.69, 9.17) is 4.74 Å². The van der Waals surface area contributed by atoms with E-state index in [0.29, 0.717) is 0 Å². The largest absolute Gasteiger partial charge is 0.495 e. The number of aromatic nitrogens is 1. The Morgan fingerprint density at radius 3 is 2.69 bits per heavy atom. The Bertz CT molecular complexity index is 315. The lowest BCUT2D eigenvalue weighted by Crippen LogP contribution is -2.32. The second kappa shape index (κ2) is 5.30. The van der Waals surface area contributed by atoms with Gasteiger partial charge in [0.05, 0.1) is 19.0 Å². The molecule has 0 atom stereocenters. The van der Waals surface area contributed by atoms with Crippen LogP contribution in [0.5, 0.6) is 5.75 Å². The van der Waals surface area contributed by atoms with Crippen molar-refractivity contribution >= 4 is 0 Å². The summed E-state index contributed by atoms with van der Waals surface area (Å²) in [5.41, 5.74) is 1.13. The zero-order valence-electron chi connectivity index (χ0n) is 10.1.